The first-order valence-corrected chi connectivity index (χ1v) is 9.01. The van der Waals surface area contributed by atoms with Crippen molar-refractivity contribution in [3.63, 3.8) is 0 Å². The van der Waals surface area contributed by atoms with Crippen LogP contribution in [-0.2, 0) is 19.1 Å². The summed E-state index contributed by atoms with van der Waals surface area (Å²) in [5.41, 5.74) is 5.73. The molecule has 2 aromatic carbocycles. The first-order valence-electron chi connectivity index (χ1n) is 8.63. The second-order valence-corrected chi connectivity index (χ2v) is 6.44. The third kappa shape index (κ3) is 5.05. The molecule has 0 unspecified atom stereocenters. The maximum atomic E-state index is 12.9. The van der Waals surface area contributed by atoms with Gasteiger partial charge in [-0.1, -0.05) is 41.9 Å². The van der Waals surface area contributed by atoms with Crippen LogP contribution >= 0.6 is 11.6 Å². The van der Waals surface area contributed by atoms with Gasteiger partial charge in [-0.2, -0.15) is 0 Å². The number of amides is 2. The van der Waals surface area contributed by atoms with E-state index in [1.54, 1.807) is 42.5 Å². The summed E-state index contributed by atoms with van der Waals surface area (Å²) in [6, 6.07) is 13.3. The van der Waals surface area contributed by atoms with E-state index in [2.05, 4.69) is 16.2 Å². The number of carbonyl (C=O) groups is 3. The molecule has 3 rings (SSSR count). The highest BCUT2D eigenvalue weighted by Gasteiger charge is 2.28. The van der Waals surface area contributed by atoms with E-state index < -0.39 is 18.0 Å². The Hall–Kier alpha value is -3.52. The predicted octanol–water partition coefficient (Wildman–Crippen LogP) is 2.48. The summed E-state index contributed by atoms with van der Waals surface area (Å²) in [6.07, 6.45) is 0.207. The molecule has 9 heteroatoms. The normalized spacial score (nSPS) is 14.0. The molecular formula is C20H18ClN3O5. The molecule has 0 spiro atoms. The van der Waals surface area contributed by atoms with Crippen LogP contribution in [0.3, 0.4) is 0 Å². The van der Waals surface area contributed by atoms with Crippen LogP contribution in [0.5, 0.6) is 5.75 Å². The van der Waals surface area contributed by atoms with Gasteiger partial charge in [-0.15, -0.1) is 0 Å². The van der Waals surface area contributed by atoms with Crippen molar-refractivity contribution in [1.82, 2.24) is 10.9 Å². The fourth-order valence-electron chi connectivity index (χ4n) is 2.59. The largest absolute Gasteiger partial charge is 0.495 e. The van der Waals surface area contributed by atoms with E-state index in [0.717, 1.165) is 0 Å². The van der Waals surface area contributed by atoms with Gasteiger partial charge in [-0.3, -0.25) is 20.4 Å². The molecule has 2 aromatic rings. The van der Waals surface area contributed by atoms with Gasteiger partial charge >= 0.3 is 5.97 Å². The van der Waals surface area contributed by atoms with E-state index in [-0.39, 0.29) is 18.0 Å². The lowest BCUT2D eigenvalue weighted by Crippen LogP contribution is -2.43. The number of rotatable bonds is 6. The number of esters is 1. The monoisotopic (exact) mass is 415 g/mol. The number of carbonyl (C=O) groups excluding carboxylic acids is 3. The molecule has 8 nitrogen and oxygen atoms in total. The topological polar surface area (TPSA) is 106 Å². The Morgan fingerprint density at radius 3 is 2.52 bits per heavy atom. The van der Waals surface area contributed by atoms with Gasteiger partial charge in [0.2, 0.25) is 12.0 Å². The highest BCUT2D eigenvalue weighted by atomic mass is 35.5. The Morgan fingerprint density at radius 2 is 1.90 bits per heavy atom. The lowest BCUT2D eigenvalue weighted by atomic mass is 10.1. The van der Waals surface area contributed by atoms with Gasteiger partial charge in [0.1, 0.15) is 11.4 Å². The summed E-state index contributed by atoms with van der Waals surface area (Å²) < 4.78 is 10.5. The maximum absolute atomic E-state index is 12.9. The summed E-state index contributed by atoms with van der Waals surface area (Å²) in [7, 11) is 1.49. The van der Waals surface area contributed by atoms with Crippen LogP contribution in [0.15, 0.2) is 60.3 Å². The molecule has 2 amide bonds. The van der Waals surface area contributed by atoms with Crippen molar-refractivity contribution in [2.45, 2.75) is 12.5 Å². The number of benzene rings is 2. The van der Waals surface area contributed by atoms with E-state index in [1.807, 2.05) is 0 Å². The molecule has 0 fully saturated rings. The summed E-state index contributed by atoms with van der Waals surface area (Å²) in [6.45, 7) is 0. The van der Waals surface area contributed by atoms with Gasteiger partial charge in [0.25, 0.3) is 5.91 Å². The fourth-order valence-corrected chi connectivity index (χ4v) is 2.85. The van der Waals surface area contributed by atoms with Crippen molar-refractivity contribution < 1.29 is 23.9 Å². The lowest BCUT2D eigenvalue weighted by molar-refractivity contribution is -0.151. The maximum Gasteiger partial charge on any atom is 0.357 e. The Labute approximate surface area is 171 Å². The average molecular weight is 416 g/mol. The molecule has 1 atom stereocenters. The Balaban J connectivity index is 1.80. The summed E-state index contributed by atoms with van der Waals surface area (Å²) >= 11 is 6.10. The van der Waals surface area contributed by atoms with Crippen molar-refractivity contribution in [1.29, 1.82) is 0 Å². The minimum absolute atomic E-state index is 0.0317. The standard InChI is InChI=1S/C20H18ClN3O5/c1-28-16-9-7-13(11-14(16)21)22-19(26)18(12-5-3-2-4-6-12)29-20(27)15-8-10-17(25)24-23-15/h2-9,11,18,23H,10H2,1H3,(H,22,26)(H,24,25)/t18-/m0/s1. The van der Waals surface area contributed by atoms with Crippen molar-refractivity contribution in [3.8, 4) is 5.75 Å². The van der Waals surface area contributed by atoms with Crippen molar-refractivity contribution in [2.24, 2.45) is 0 Å². The van der Waals surface area contributed by atoms with E-state index in [4.69, 9.17) is 21.1 Å². The molecule has 0 aliphatic carbocycles. The zero-order chi connectivity index (χ0) is 20.8. The van der Waals surface area contributed by atoms with Crippen molar-refractivity contribution >= 4 is 35.1 Å². The van der Waals surface area contributed by atoms with Crippen molar-refractivity contribution in [3.05, 3.63) is 70.9 Å². The minimum atomic E-state index is -1.22. The fraction of sp³-hybridized carbons (Fsp3) is 0.150. The van der Waals surface area contributed by atoms with Crippen LogP contribution in [0.2, 0.25) is 5.02 Å². The van der Waals surface area contributed by atoms with Gasteiger partial charge in [0, 0.05) is 17.7 Å². The van der Waals surface area contributed by atoms with Crippen LogP contribution < -0.4 is 20.9 Å². The zero-order valence-corrected chi connectivity index (χ0v) is 16.2. The average Bonchev–Trinajstić information content (AvgIpc) is 2.73. The summed E-state index contributed by atoms with van der Waals surface area (Å²) in [4.78, 5) is 36.5. The molecule has 1 heterocycles. The highest BCUT2D eigenvalue weighted by molar-refractivity contribution is 6.32. The van der Waals surface area contributed by atoms with Gasteiger partial charge in [-0.05, 0) is 24.3 Å². The smallest absolute Gasteiger partial charge is 0.357 e. The highest BCUT2D eigenvalue weighted by Crippen LogP contribution is 2.28. The van der Waals surface area contributed by atoms with E-state index in [9.17, 15) is 14.4 Å². The molecule has 0 bridgehead atoms. The molecule has 150 valence electrons. The van der Waals surface area contributed by atoms with Gasteiger partial charge in [-0.25, -0.2) is 4.79 Å². The quantitative estimate of drug-likeness (QED) is 0.626. The zero-order valence-electron chi connectivity index (χ0n) is 15.4. The molecule has 0 saturated heterocycles. The number of ether oxygens (including phenoxy) is 2. The molecule has 1 aliphatic heterocycles. The van der Waals surface area contributed by atoms with Crippen LogP contribution in [0.4, 0.5) is 5.69 Å². The molecule has 0 radical (unpaired) electrons. The number of nitrogens with one attached hydrogen (secondary N) is 3. The molecular weight excluding hydrogens is 398 g/mol. The van der Waals surface area contributed by atoms with Crippen molar-refractivity contribution in [2.75, 3.05) is 12.4 Å². The first kappa shape index (κ1) is 20.2. The number of anilines is 1. The second kappa shape index (κ2) is 9.11. The van der Waals surface area contributed by atoms with Gasteiger partial charge in [0.05, 0.1) is 12.1 Å². The van der Waals surface area contributed by atoms with E-state index >= 15 is 0 Å². The lowest BCUT2D eigenvalue weighted by Gasteiger charge is -2.21. The number of hydrazine groups is 1. The number of hydrogen-bond donors (Lipinski definition) is 3. The number of halogens is 1. The molecule has 29 heavy (non-hydrogen) atoms. The molecule has 3 N–H and O–H groups in total. The minimum Gasteiger partial charge on any atom is -0.495 e. The van der Waals surface area contributed by atoms with Crippen LogP contribution in [-0.4, -0.2) is 24.9 Å². The Bertz CT molecular complexity index is 962. The SMILES string of the molecule is COc1ccc(NC(=O)[C@@H](OC(=O)C2=CCC(=O)NN2)c2ccccc2)cc1Cl. The summed E-state index contributed by atoms with van der Waals surface area (Å²) in [5, 5.41) is 3.01. The third-order valence-electron chi connectivity index (χ3n) is 4.03. The molecule has 0 aromatic heterocycles. The Kier molecular flexibility index (Phi) is 6.36. The van der Waals surface area contributed by atoms with Crippen LogP contribution in [0, 0.1) is 0 Å². The second-order valence-electron chi connectivity index (χ2n) is 6.03. The number of hydrogen-bond acceptors (Lipinski definition) is 6. The van der Waals surface area contributed by atoms with E-state index in [0.29, 0.717) is 22.0 Å². The van der Waals surface area contributed by atoms with Gasteiger partial charge < -0.3 is 14.8 Å². The third-order valence-corrected chi connectivity index (χ3v) is 4.33. The first-order chi connectivity index (χ1) is 14.0. The molecule has 1 aliphatic rings. The molecule has 0 saturated carbocycles. The van der Waals surface area contributed by atoms with E-state index in [1.165, 1.54) is 19.3 Å². The van der Waals surface area contributed by atoms with Gasteiger partial charge in [0.15, 0.2) is 0 Å². The number of methoxy groups -OCH3 is 1. The van der Waals surface area contributed by atoms with Crippen LogP contribution in [0.1, 0.15) is 18.1 Å². The Morgan fingerprint density at radius 1 is 1.14 bits per heavy atom. The van der Waals surface area contributed by atoms with Crippen LogP contribution in [0.25, 0.3) is 0 Å². The summed E-state index contributed by atoms with van der Waals surface area (Å²) in [5.74, 6) is -1.16. The predicted molar refractivity (Wildman–Crippen MR) is 106 cm³/mol.